The van der Waals surface area contributed by atoms with Gasteiger partial charge in [0.2, 0.25) is 5.91 Å². The first-order valence-electron chi connectivity index (χ1n) is 7.70. The minimum absolute atomic E-state index is 0.0727. The van der Waals surface area contributed by atoms with Crippen molar-refractivity contribution in [2.24, 2.45) is 11.7 Å². The van der Waals surface area contributed by atoms with Gasteiger partial charge in [0.15, 0.2) is 5.13 Å². The van der Waals surface area contributed by atoms with Crippen molar-refractivity contribution in [2.45, 2.75) is 20.3 Å². The van der Waals surface area contributed by atoms with Crippen LogP contribution >= 0.6 is 11.3 Å². The van der Waals surface area contributed by atoms with Gasteiger partial charge in [0, 0.05) is 30.2 Å². The maximum Gasteiger partial charge on any atom is 0.257 e. The molecule has 0 aliphatic rings. The third-order valence-corrected chi connectivity index (χ3v) is 4.14. The lowest BCUT2D eigenvalue weighted by Crippen LogP contribution is -2.22. The summed E-state index contributed by atoms with van der Waals surface area (Å²) in [5.41, 5.74) is 7.32. The second-order valence-electron chi connectivity index (χ2n) is 6.06. The van der Waals surface area contributed by atoms with E-state index in [-0.39, 0.29) is 12.3 Å². The average molecular weight is 346 g/mol. The number of anilines is 2. The second-order valence-corrected chi connectivity index (χ2v) is 6.92. The van der Waals surface area contributed by atoms with Crippen molar-refractivity contribution in [3.05, 3.63) is 40.9 Å². The predicted octanol–water partition coefficient (Wildman–Crippen LogP) is 2.52. The highest BCUT2D eigenvalue weighted by Gasteiger charge is 2.11. The van der Waals surface area contributed by atoms with Crippen molar-refractivity contribution in [1.82, 2.24) is 4.98 Å². The number of rotatable bonds is 7. The number of nitrogens with one attached hydrogen (secondary N) is 1. The normalized spacial score (nSPS) is 10.7. The predicted molar refractivity (Wildman–Crippen MR) is 97.5 cm³/mol. The Hall–Kier alpha value is -2.41. The number of thiazole rings is 1. The highest BCUT2D eigenvalue weighted by Crippen LogP contribution is 2.19. The van der Waals surface area contributed by atoms with Gasteiger partial charge >= 0.3 is 0 Å². The molecule has 0 saturated heterocycles. The first kappa shape index (κ1) is 17.9. The molecule has 0 fully saturated rings. The van der Waals surface area contributed by atoms with E-state index in [1.807, 2.05) is 19.2 Å². The number of nitrogens with two attached hydrogens (primary N) is 1. The maximum atomic E-state index is 12.3. The van der Waals surface area contributed by atoms with E-state index in [9.17, 15) is 9.59 Å². The highest BCUT2D eigenvalue weighted by molar-refractivity contribution is 7.14. The Labute approximate surface area is 145 Å². The van der Waals surface area contributed by atoms with E-state index >= 15 is 0 Å². The van der Waals surface area contributed by atoms with E-state index in [2.05, 4.69) is 29.0 Å². The molecular weight excluding hydrogens is 324 g/mol. The minimum atomic E-state index is -0.445. The topological polar surface area (TPSA) is 88.3 Å². The number of carbonyl (C=O) groups is 2. The quantitative estimate of drug-likeness (QED) is 0.806. The van der Waals surface area contributed by atoms with E-state index in [0.29, 0.717) is 22.3 Å². The Morgan fingerprint density at radius 3 is 2.54 bits per heavy atom. The van der Waals surface area contributed by atoms with Gasteiger partial charge in [0.25, 0.3) is 5.91 Å². The fourth-order valence-corrected chi connectivity index (χ4v) is 3.02. The summed E-state index contributed by atoms with van der Waals surface area (Å²) in [6.07, 6.45) is 0.0727. The molecule has 0 radical (unpaired) electrons. The van der Waals surface area contributed by atoms with Gasteiger partial charge in [-0.2, -0.15) is 0 Å². The number of benzene rings is 1. The van der Waals surface area contributed by atoms with Crippen LogP contribution in [0.2, 0.25) is 0 Å². The number of hydrogen-bond donors (Lipinski definition) is 2. The minimum Gasteiger partial charge on any atom is -0.374 e. The van der Waals surface area contributed by atoms with E-state index < -0.39 is 5.91 Å². The molecule has 1 heterocycles. The van der Waals surface area contributed by atoms with Crippen molar-refractivity contribution in [1.29, 1.82) is 0 Å². The van der Waals surface area contributed by atoms with Crippen LogP contribution in [-0.4, -0.2) is 30.4 Å². The smallest absolute Gasteiger partial charge is 0.257 e. The standard InChI is InChI=1S/C17H22N4O2S/c1-11(2)9-21(3)14-6-4-12(5-7-14)16(23)20-17-19-13(10-24-17)8-15(18)22/h4-7,10-11H,8-9H2,1-3H3,(H2,18,22)(H,19,20,23). The zero-order chi connectivity index (χ0) is 17.7. The van der Waals surface area contributed by atoms with Crippen molar-refractivity contribution >= 4 is 34.0 Å². The van der Waals surface area contributed by atoms with E-state index in [1.165, 1.54) is 11.3 Å². The van der Waals surface area contributed by atoms with Gasteiger partial charge in [-0.1, -0.05) is 13.8 Å². The van der Waals surface area contributed by atoms with Crippen LogP contribution in [0.4, 0.5) is 10.8 Å². The molecule has 0 aliphatic carbocycles. The first-order valence-corrected chi connectivity index (χ1v) is 8.58. The Kier molecular flexibility index (Phi) is 5.92. The monoisotopic (exact) mass is 346 g/mol. The van der Waals surface area contributed by atoms with Crippen LogP contribution in [0.3, 0.4) is 0 Å². The number of nitrogens with zero attached hydrogens (tertiary/aromatic N) is 2. The molecule has 0 bridgehead atoms. The molecule has 0 saturated carbocycles. The molecule has 0 aliphatic heterocycles. The van der Waals surface area contributed by atoms with Crippen molar-refractivity contribution in [2.75, 3.05) is 23.8 Å². The Morgan fingerprint density at radius 2 is 1.96 bits per heavy atom. The summed E-state index contributed by atoms with van der Waals surface area (Å²) in [7, 11) is 2.03. The van der Waals surface area contributed by atoms with Crippen molar-refractivity contribution in [3.63, 3.8) is 0 Å². The number of hydrogen-bond acceptors (Lipinski definition) is 5. The number of aromatic nitrogens is 1. The summed E-state index contributed by atoms with van der Waals surface area (Å²) in [5, 5.41) is 4.90. The molecular formula is C17H22N4O2S. The molecule has 6 nitrogen and oxygen atoms in total. The fraction of sp³-hybridized carbons (Fsp3) is 0.353. The third-order valence-electron chi connectivity index (χ3n) is 3.34. The van der Waals surface area contributed by atoms with Gasteiger partial charge in [0.1, 0.15) is 0 Å². The van der Waals surface area contributed by atoms with Crippen molar-refractivity contribution in [3.8, 4) is 0 Å². The third kappa shape index (κ3) is 5.06. The fourth-order valence-electron chi connectivity index (χ4n) is 2.31. The summed E-state index contributed by atoms with van der Waals surface area (Å²) in [6, 6.07) is 7.44. The van der Waals surface area contributed by atoms with Crippen LogP contribution in [0.15, 0.2) is 29.6 Å². The summed E-state index contributed by atoms with van der Waals surface area (Å²) < 4.78 is 0. The van der Waals surface area contributed by atoms with Crippen molar-refractivity contribution < 1.29 is 9.59 Å². The summed E-state index contributed by atoms with van der Waals surface area (Å²) in [5.74, 6) is -0.107. The molecule has 0 spiro atoms. The molecule has 0 unspecified atom stereocenters. The number of primary amides is 1. The lowest BCUT2D eigenvalue weighted by Gasteiger charge is -2.21. The summed E-state index contributed by atoms with van der Waals surface area (Å²) in [4.78, 5) is 29.5. The van der Waals surface area contributed by atoms with Crippen LogP contribution in [0.25, 0.3) is 0 Å². The Bertz CT molecular complexity index is 710. The average Bonchev–Trinajstić information content (AvgIpc) is 2.92. The van der Waals surface area contributed by atoms with E-state index in [4.69, 9.17) is 5.73 Å². The molecule has 0 atom stereocenters. The molecule has 2 aromatic rings. The van der Waals surface area contributed by atoms with Gasteiger partial charge in [-0.05, 0) is 30.2 Å². The van der Waals surface area contributed by atoms with Crippen LogP contribution in [0.5, 0.6) is 0 Å². The molecule has 7 heteroatoms. The van der Waals surface area contributed by atoms with Crippen LogP contribution in [0.1, 0.15) is 29.9 Å². The Morgan fingerprint density at radius 1 is 1.29 bits per heavy atom. The molecule has 3 N–H and O–H groups in total. The van der Waals surface area contributed by atoms with Gasteiger partial charge in [0.05, 0.1) is 12.1 Å². The lowest BCUT2D eigenvalue weighted by atomic mass is 10.1. The molecule has 1 aromatic carbocycles. The lowest BCUT2D eigenvalue weighted by molar-refractivity contribution is -0.117. The number of amides is 2. The summed E-state index contributed by atoms with van der Waals surface area (Å²) >= 11 is 1.27. The van der Waals surface area contributed by atoms with Gasteiger partial charge in [-0.15, -0.1) is 11.3 Å². The molecule has 1 aromatic heterocycles. The first-order chi connectivity index (χ1) is 11.3. The SMILES string of the molecule is CC(C)CN(C)c1ccc(C(=O)Nc2nc(CC(N)=O)cs2)cc1. The highest BCUT2D eigenvalue weighted by atomic mass is 32.1. The zero-order valence-corrected chi connectivity index (χ0v) is 14.9. The van der Waals surface area contributed by atoms with E-state index in [1.54, 1.807) is 17.5 Å². The molecule has 24 heavy (non-hydrogen) atoms. The Balaban J connectivity index is 1.99. The zero-order valence-electron chi connectivity index (χ0n) is 14.1. The van der Waals surface area contributed by atoms with Gasteiger partial charge in [-0.3, -0.25) is 14.9 Å². The molecule has 2 amide bonds. The second kappa shape index (κ2) is 7.92. The largest absolute Gasteiger partial charge is 0.374 e. The van der Waals surface area contributed by atoms with Gasteiger partial charge < -0.3 is 10.6 Å². The number of carbonyl (C=O) groups excluding carboxylic acids is 2. The van der Waals surface area contributed by atoms with Crippen LogP contribution in [-0.2, 0) is 11.2 Å². The molecule has 2 rings (SSSR count). The van der Waals surface area contributed by atoms with Crippen LogP contribution in [0, 0.1) is 5.92 Å². The maximum absolute atomic E-state index is 12.3. The van der Waals surface area contributed by atoms with Crippen LogP contribution < -0.4 is 16.0 Å². The molecule has 128 valence electrons. The van der Waals surface area contributed by atoms with E-state index in [0.717, 1.165) is 12.2 Å². The summed E-state index contributed by atoms with van der Waals surface area (Å²) in [6.45, 7) is 5.28. The van der Waals surface area contributed by atoms with Gasteiger partial charge in [-0.25, -0.2) is 4.98 Å².